The molecule has 5 heteroatoms. The van der Waals surface area contributed by atoms with E-state index in [1.165, 1.54) is 11.1 Å². The van der Waals surface area contributed by atoms with Crippen LogP contribution in [0.3, 0.4) is 0 Å². The number of aromatic amines is 1. The zero-order chi connectivity index (χ0) is 20.5. The summed E-state index contributed by atoms with van der Waals surface area (Å²) in [6.07, 6.45) is 1.77. The normalized spacial score (nSPS) is 15.7. The van der Waals surface area contributed by atoms with Gasteiger partial charge < -0.3 is 10.3 Å². The number of nitrogens with one attached hydrogen (secondary N) is 2. The van der Waals surface area contributed by atoms with Crippen LogP contribution in [-0.4, -0.2) is 33.9 Å². The fraction of sp³-hybridized carbons (Fsp3) is 0.417. The third kappa shape index (κ3) is 4.35. The van der Waals surface area contributed by atoms with Crippen LogP contribution >= 0.6 is 0 Å². The maximum absolute atomic E-state index is 12.8. The number of carbonyl (C=O) groups is 1. The van der Waals surface area contributed by atoms with Crippen LogP contribution < -0.4 is 5.32 Å². The van der Waals surface area contributed by atoms with Gasteiger partial charge in [-0.25, -0.2) is 4.98 Å². The van der Waals surface area contributed by atoms with Crippen LogP contribution in [0, 0.1) is 33.6 Å². The van der Waals surface area contributed by atoms with Crippen molar-refractivity contribution in [3.63, 3.8) is 0 Å². The molecule has 29 heavy (non-hydrogen) atoms. The van der Waals surface area contributed by atoms with Crippen LogP contribution in [0.15, 0.2) is 30.3 Å². The molecule has 2 N–H and O–H groups in total. The van der Waals surface area contributed by atoms with E-state index >= 15 is 0 Å². The Morgan fingerprint density at radius 3 is 2.45 bits per heavy atom. The number of likely N-dealkylation sites (tertiary alicyclic amines) is 1. The summed E-state index contributed by atoms with van der Waals surface area (Å²) < 4.78 is 0. The number of rotatable bonds is 4. The van der Waals surface area contributed by atoms with Gasteiger partial charge in [-0.15, -0.1) is 0 Å². The Balaban J connectivity index is 1.34. The highest BCUT2D eigenvalue weighted by Crippen LogP contribution is 2.25. The number of carbonyl (C=O) groups excluding carboxylic acids is 1. The molecule has 1 aliphatic heterocycles. The minimum Gasteiger partial charge on any atom is -0.341 e. The van der Waals surface area contributed by atoms with Gasteiger partial charge in [-0.1, -0.05) is 23.8 Å². The number of hydrogen-bond acceptors (Lipinski definition) is 3. The quantitative estimate of drug-likeness (QED) is 0.682. The smallest absolute Gasteiger partial charge is 0.227 e. The van der Waals surface area contributed by atoms with E-state index in [0.29, 0.717) is 0 Å². The van der Waals surface area contributed by atoms with Gasteiger partial charge in [0.1, 0.15) is 5.82 Å². The number of nitrogens with zero attached hydrogens (tertiary/aromatic N) is 2. The lowest BCUT2D eigenvalue weighted by atomic mass is 9.95. The average molecular weight is 391 g/mol. The van der Waals surface area contributed by atoms with Crippen LogP contribution in [0.1, 0.15) is 40.9 Å². The van der Waals surface area contributed by atoms with Crippen LogP contribution in [-0.2, 0) is 11.3 Å². The van der Waals surface area contributed by atoms with E-state index in [4.69, 9.17) is 4.98 Å². The van der Waals surface area contributed by atoms with E-state index in [9.17, 15) is 4.79 Å². The number of hydrogen-bond donors (Lipinski definition) is 2. The van der Waals surface area contributed by atoms with E-state index in [1.807, 2.05) is 0 Å². The molecule has 0 spiro atoms. The van der Waals surface area contributed by atoms with E-state index in [1.54, 1.807) is 0 Å². The van der Waals surface area contributed by atoms with Crippen molar-refractivity contribution in [2.45, 2.75) is 47.1 Å². The fourth-order valence-electron chi connectivity index (χ4n) is 4.42. The summed E-state index contributed by atoms with van der Waals surface area (Å²) in [5.74, 6) is 1.22. The largest absolute Gasteiger partial charge is 0.341 e. The summed E-state index contributed by atoms with van der Waals surface area (Å²) >= 11 is 0. The molecule has 2 heterocycles. The molecule has 4 rings (SSSR count). The van der Waals surface area contributed by atoms with Gasteiger partial charge in [0, 0.05) is 11.6 Å². The van der Waals surface area contributed by atoms with E-state index in [2.05, 4.69) is 73.2 Å². The van der Waals surface area contributed by atoms with Crippen LogP contribution in [0.25, 0.3) is 11.0 Å². The van der Waals surface area contributed by atoms with Gasteiger partial charge in [-0.05, 0) is 82.4 Å². The second kappa shape index (κ2) is 7.99. The molecule has 1 aliphatic rings. The summed E-state index contributed by atoms with van der Waals surface area (Å²) in [7, 11) is 0. The van der Waals surface area contributed by atoms with Gasteiger partial charge in [-0.3, -0.25) is 9.69 Å². The lowest BCUT2D eigenvalue weighted by Gasteiger charge is -2.30. The number of aryl methyl sites for hydroxylation is 4. The van der Waals surface area contributed by atoms with Crippen molar-refractivity contribution >= 4 is 22.6 Å². The number of amides is 1. The first-order chi connectivity index (χ1) is 13.9. The highest BCUT2D eigenvalue weighted by molar-refractivity contribution is 5.94. The summed E-state index contributed by atoms with van der Waals surface area (Å²) in [6, 6.07) is 10.5. The van der Waals surface area contributed by atoms with Crippen LogP contribution in [0.5, 0.6) is 0 Å². The van der Waals surface area contributed by atoms with Crippen LogP contribution in [0.4, 0.5) is 5.69 Å². The molecule has 1 amide bonds. The Hall–Kier alpha value is -2.66. The molecule has 0 atom stereocenters. The molecular weight excluding hydrogens is 360 g/mol. The lowest BCUT2D eigenvalue weighted by Crippen LogP contribution is -2.38. The Bertz CT molecular complexity index is 1020. The number of aromatic nitrogens is 2. The maximum Gasteiger partial charge on any atom is 0.227 e. The first-order valence-electron chi connectivity index (χ1n) is 10.5. The number of H-pyrrole nitrogens is 1. The molecule has 0 aliphatic carbocycles. The molecule has 0 saturated carbocycles. The highest BCUT2D eigenvalue weighted by atomic mass is 16.1. The standard InChI is InChI=1S/C24H30N4O/c1-15-5-6-20-21(13-15)26-22(25-20)14-28-9-7-19(8-10-28)24(29)27-23-17(3)11-16(2)12-18(23)4/h5-6,11-13,19H,7-10,14H2,1-4H3,(H,25,26)(H,27,29). The Kier molecular flexibility index (Phi) is 5.41. The molecule has 1 aromatic heterocycles. The van der Waals surface area contributed by atoms with Crippen LogP contribution in [0.2, 0.25) is 0 Å². The summed E-state index contributed by atoms with van der Waals surface area (Å²) in [5, 5.41) is 3.19. The predicted molar refractivity (Wildman–Crippen MR) is 118 cm³/mol. The first kappa shape index (κ1) is 19.6. The number of benzene rings is 2. The third-order valence-electron chi connectivity index (χ3n) is 5.94. The molecule has 152 valence electrons. The maximum atomic E-state index is 12.8. The molecule has 0 radical (unpaired) electrons. The minimum atomic E-state index is 0.0738. The van der Waals surface area contributed by atoms with E-state index < -0.39 is 0 Å². The second-order valence-corrected chi connectivity index (χ2v) is 8.52. The van der Waals surface area contributed by atoms with Crippen molar-refractivity contribution in [2.24, 2.45) is 5.92 Å². The monoisotopic (exact) mass is 390 g/mol. The Morgan fingerprint density at radius 1 is 1.07 bits per heavy atom. The van der Waals surface area contributed by atoms with E-state index in [-0.39, 0.29) is 11.8 Å². The zero-order valence-electron chi connectivity index (χ0n) is 17.8. The average Bonchev–Trinajstić information content (AvgIpc) is 3.06. The minimum absolute atomic E-state index is 0.0738. The SMILES string of the molecule is Cc1cc(C)c(NC(=O)C2CCN(Cc3nc4ccc(C)cc4[nH]3)CC2)c(C)c1. The third-order valence-corrected chi connectivity index (χ3v) is 5.94. The Morgan fingerprint density at radius 2 is 1.76 bits per heavy atom. The summed E-state index contributed by atoms with van der Waals surface area (Å²) in [6.45, 7) is 10.9. The Labute approximate surface area is 172 Å². The fourth-order valence-corrected chi connectivity index (χ4v) is 4.42. The van der Waals surface area contributed by atoms with Gasteiger partial charge in [0.15, 0.2) is 0 Å². The van der Waals surface area contributed by atoms with Crippen molar-refractivity contribution in [1.29, 1.82) is 0 Å². The molecule has 1 fully saturated rings. The lowest BCUT2D eigenvalue weighted by molar-refractivity contribution is -0.121. The van der Waals surface area contributed by atoms with Crippen molar-refractivity contribution in [1.82, 2.24) is 14.9 Å². The van der Waals surface area contributed by atoms with Gasteiger partial charge in [0.2, 0.25) is 5.91 Å². The molecule has 3 aromatic rings. The van der Waals surface area contributed by atoms with Crippen molar-refractivity contribution in [3.8, 4) is 0 Å². The van der Waals surface area contributed by atoms with Gasteiger partial charge in [0.05, 0.1) is 17.6 Å². The highest BCUT2D eigenvalue weighted by Gasteiger charge is 2.26. The molecular formula is C24H30N4O. The van der Waals surface area contributed by atoms with E-state index in [0.717, 1.165) is 66.1 Å². The zero-order valence-corrected chi connectivity index (χ0v) is 17.8. The number of anilines is 1. The van der Waals surface area contributed by atoms with Gasteiger partial charge in [-0.2, -0.15) is 0 Å². The number of imidazole rings is 1. The topological polar surface area (TPSA) is 61.0 Å². The molecule has 5 nitrogen and oxygen atoms in total. The molecule has 2 aromatic carbocycles. The van der Waals surface area contributed by atoms with Gasteiger partial charge >= 0.3 is 0 Å². The second-order valence-electron chi connectivity index (χ2n) is 8.52. The van der Waals surface area contributed by atoms with Crippen molar-refractivity contribution in [3.05, 3.63) is 58.4 Å². The molecule has 0 unspecified atom stereocenters. The summed E-state index contributed by atoms with van der Waals surface area (Å²) in [4.78, 5) is 23.4. The van der Waals surface area contributed by atoms with Crippen molar-refractivity contribution in [2.75, 3.05) is 18.4 Å². The predicted octanol–water partition coefficient (Wildman–Crippen LogP) is 4.65. The number of fused-ring (bicyclic) bond motifs is 1. The first-order valence-corrected chi connectivity index (χ1v) is 10.5. The summed E-state index contributed by atoms with van der Waals surface area (Å²) in [5.41, 5.74) is 7.81. The molecule has 0 bridgehead atoms. The molecule has 1 saturated heterocycles. The number of piperidine rings is 1. The van der Waals surface area contributed by atoms with Gasteiger partial charge in [0.25, 0.3) is 0 Å². The van der Waals surface area contributed by atoms with Crippen molar-refractivity contribution < 1.29 is 4.79 Å².